The molecule has 0 bridgehead atoms. The number of ether oxygens (including phenoxy) is 5. The number of rotatable bonds is 26. The van der Waals surface area contributed by atoms with Crippen LogP contribution in [0.1, 0.15) is 117 Å². The summed E-state index contributed by atoms with van der Waals surface area (Å²) in [6, 6.07) is 14.4. The van der Waals surface area contributed by atoms with Crippen LogP contribution in [0.25, 0.3) is 10.0 Å². The standard InChI is InChI=1S/C52H60Cl2N8O7S2/c1-31-33(3)70-51-45(31)47(37-11-15-39(53)16-12-37)55-43(49-59-57-35(5)61(49)51)29-41(63)9-7-19-65-21-23-67-25-27-69-28-26-68-24-22-66-20-8-10-42(64)30-44-50-60-58-36(6)62(50)52-46(32(2)34(4)71-52)48(56-44)38-13-17-40(54)18-14-38/h11-18,43-44H,7-10,19-30H2,1-6H3. The number of aliphatic imine (C=N–C) groups is 2. The topological polar surface area (TPSA) is 166 Å². The predicted molar refractivity (Wildman–Crippen MR) is 278 cm³/mol. The first kappa shape index (κ1) is 52.5. The molecule has 15 nitrogen and oxygen atoms in total. The first-order valence-electron chi connectivity index (χ1n) is 24.0. The number of ketones is 2. The second kappa shape index (κ2) is 24.7. The van der Waals surface area contributed by atoms with Crippen LogP contribution in [0.2, 0.25) is 10.0 Å². The normalized spacial score (nSPS) is 15.1. The number of fused-ring (bicyclic) bond motifs is 6. The highest BCUT2D eigenvalue weighted by Gasteiger charge is 2.34. The molecule has 2 atom stereocenters. The van der Waals surface area contributed by atoms with Gasteiger partial charge in [0.15, 0.2) is 11.6 Å². The molecule has 2 aliphatic heterocycles. The van der Waals surface area contributed by atoms with Crippen molar-refractivity contribution >= 4 is 68.9 Å². The van der Waals surface area contributed by atoms with Gasteiger partial charge in [-0.25, -0.2) is 0 Å². The molecule has 0 saturated carbocycles. The smallest absolute Gasteiger partial charge is 0.163 e. The first-order chi connectivity index (χ1) is 34.4. The van der Waals surface area contributed by atoms with Crippen LogP contribution in [0, 0.1) is 41.5 Å². The zero-order valence-electron chi connectivity index (χ0n) is 41.1. The van der Waals surface area contributed by atoms with E-state index in [1.807, 2.05) is 62.4 Å². The van der Waals surface area contributed by atoms with Gasteiger partial charge < -0.3 is 23.7 Å². The lowest BCUT2D eigenvalue weighted by molar-refractivity contribution is -0.120. The van der Waals surface area contributed by atoms with Gasteiger partial charge in [-0.2, -0.15) is 0 Å². The van der Waals surface area contributed by atoms with Gasteiger partial charge in [0.25, 0.3) is 0 Å². The number of benzene rings is 2. The lowest BCUT2D eigenvalue weighted by atomic mass is 9.99. The maximum Gasteiger partial charge on any atom is 0.163 e. The molecule has 0 fully saturated rings. The Labute approximate surface area is 432 Å². The Morgan fingerprint density at radius 3 is 1.20 bits per heavy atom. The average molecular weight is 1040 g/mol. The molecular weight excluding hydrogens is 984 g/mol. The van der Waals surface area contributed by atoms with Crippen LogP contribution in [0.5, 0.6) is 0 Å². The van der Waals surface area contributed by atoms with Gasteiger partial charge in [0, 0.05) is 81.0 Å². The third kappa shape index (κ3) is 12.7. The van der Waals surface area contributed by atoms with Crippen molar-refractivity contribution in [1.29, 1.82) is 0 Å². The molecule has 4 aromatic heterocycles. The Balaban J connectivity index is 0.658. The predicted octanol–water partition coefficient (Wildman–Crippen LogP) is 10.2. The number of Topliss-reactive ketones (excluding diaryl/α,β-unsaturated/α-hetero) is 2. The van der Waals surface area contributed by atoms with Crippen LogP contribution in [-0.2, 0) is 33.3 Å². The number of thiophene rings is 2. The van der Waals surface area contributed by atoms with E-state index in [1.165, 1.54) is 9.75 Å². The van der Waals surface area contributed by atoms with E-state index >= 15 is 0 Å². The molecule has 2 unspecified atom stereocenters. The van der Waals surface area contributed by atoms with E-state index < -0.39 is 12.1 Å². The van der Waals surface area contributed by atoms with Gasteiger partial charge in [-0.15, -0.1) is 43.1 Å². The maximum atomic E-state index is 13.3. The second-order valence-corrected chi connectivity index (χ2v) is 20.8. The summed E-state index contributed by atoms with van der Waals surface area (Å²) in [5.41, 5.74) is 7.92. The highest BCUT2D eigenvalue weighted by Crippen LogP contribution is 2.41. The Hall–Kier alpha value is -4.82. The molecule has 376 valence electrons. The van der Waals surface area contributed by atoms with Crippen molar-refractivity contribution in [2.45, 2.75) is 92.2 Å². The molecule has 0 radical (unpaired) electrons. The SMILES string of the molecule is Cc1sc2c(c1C)C(c1ccc(Cl)cc1)=NC(CC(=O)CCCOCCOCCOCCOCCOCCCC(=O)CC1N=C(c3ccc(Cl)cc3)c3c(sc(C)c3C)-n3c(C)nnc31)c1nnc(C)n1-2. The zero-order valence-corrected chi connectivity index (χ0v) is 44.2. The molecule has 6 aromatic rings. The number of hydrogen-bond acceptors (Lipinski definition) is 15. The molecule has 8 rings (SSSR count). The average Bonchev–Trinajstić information content (AvgIpc) is 4.04. The van der Waals surface area contributed by atoms with Crippen molar-refractivity contribution in [3.8, 4) is 10.0 Å². The number of carbonyl (C=O) groups is 2. The molecule has 19 heteroatoms. The van der Waals surface area contributed by atoms with Crippen molar-refractivity contribution in [1.82, 2.24) is 29.5 Å². The van der Waals surface area contributed by atoms with Crippen molar-refractivity contribution < 1.29 is 33.3 Å². The minimum absolute atomic E-state index is 0.0885. The van der Waals surface area contributed by atoms with Crippen molar-refractivity contribution in [3.05, 3.63) is 125 Å². The fourth-order valence-corrected chi connectivity index (χ4v) is 11.3. The lowest BCUT2D eigenvalue weighted by Gasteiger charge is -2.12. The van der Waals surface area contributed by atoms with E-state index in [9.17, 15) is 9.59 Å². The fraction of sp³-hybridized carbons (Fsp3) is 0.462. The van der Waals surface area contributed by atoms with Gasteiger partial charge in [0.2, 0.25) is 0 Å². The van der Waals surface area contributed by atoms with Crippen molar-refractivity contribution in [2.75, 3.05) is 66.1 Å². The van der Waals surface area contributed by atoms with Gasteiger partial charge in [0.05, 0.1) is 64.3 Å². The highest BCUT2D eigenvalue weighted by molar-refractivity contribution is 7.15. The summed E-state index contributed by atoms with van der Waals surface area (Å²) in [6.45, 7) is 16.6. The minimum atomic E-state index is -0.482. The Kier molecular flexibility index (Phi) is 18.3. The molecule has 0 amide bonds. The van der Waals surface area contributed by atoms with Crippen LogP contribution < -0.4 is 0 Å². The Morgan fingerprint density at radius 1 is 0.507 bits per heavy atom. The van der Waals surface area contributed by atoms with Gasteiger partial charge in [-0.1, -0.05) is 47.5 Å². The largest absolute Gasteiger partial charge is 0.379 e. The summed E-state index contributed by atoms with van der Waals surface area (Å²) in [7, 11) is 0. The zero-order chi connectivity index (χ0) is 50.0. The summed E-state index contributed by atoms with van der Waals surface area (Å²) in [6.07, 6.45) is 2.35. The summed E-state index contributed by atoms with van der Waals surface area (Å²) < 4.78 is 32.6. The van der Waals surface area contributed by atoms with Crippen LogP contribution in [-0.4, -0.2) is 119 Å². The lowest BCUT2D eigenvalue weighted by Crippen LogP contribution is -2.14. The molecule has 2 aromatic carbocycles. The summed E-state index contributed by atoms with van der Waals surface area (Å²) >= 11 is 15.9. The van der Waals surface area contributed by atoms with E-state index in [-0.39, 0.29) is 24.4 Å². The highest BCUT2D eigenvalue weighted by atomic mass is 35.5. The van der Waals surface area contributed by atoms with E-state index in [0.29, 0.717) is 113 Å². The van der Waals surface area contributed by atoms with Gasteiger partial charge in [-0.3, -0.25) is 28.7 Å². The van der Waals surface area contributed by atoms with Crippen molar-refractivity contribution in [2.24, 2.45) is 9.98 Å². The summed E-state index contributed by atoms with van der Waals surface area (Å²) in [5, 5.41) is 21.1. The summed E-state index contributed by atoms with van der Waals surface area (Å²) in [4.78, 5) is 39.5. The molecular formula is C52H60Cl2N8O7S2. The van der Waals surface area contributed by atoms with E-state index in [2.05, 4.69) is 57.2 Å². The van der Waals surface area contributed by atoms with E-state index in [1.54, 1.807) is 22.7 Å². The number of hydrogen-bond donors (Lipinski definition) is 0. The molecule has 0 saturated heterocycles. The number of aromatic nitrogens is 6. The molecule has 0 spiro atoms. The van der Waals surface area contributed by atoms with E-state index in [0.717, 1.165) is 66.5 Å². The molecule has 0 aliphatic carbocycles. The van der Waals surface area contributed by atoms with Crippen LogP contribution in [0.15, 0.2) is 58.5 Å². The molecule has 2 aliphatic rings. The van der Waals surface area contributed by atoms with Crippen LogP contribution >= 0.6 is 45.9 Å². The second-order valence-electron chi connectivity index (χ2n) is 17.6. The molecule has 0 N–H and O–H groups in total. The third-order valence-corrected chi connectivity index (χ3v) is 15.4. The monoisotopic (exact) mass is 1040 g/mol. The Bertz CT molecular complexity index is 2680. The fourth-order valence-electron chi connectivity index (χ4n) is 8.62. The summed E-state index contributed by atoms with van der Waals surface area (Å²) in [5.74, 6) is 3.04. The number of halogens is 2. The first-order valence-corrected chi connectivity index (χ1v) is 26.4. The molecule has 6 heterocycles. The van der Waals surface area contributed by atoms with Crippen molar-refractivity contribution in [3.63, 3.8) is 0 Å². The van der Waals surface area contributed by atoms with Crippen LogP contribution in [0.3, 0.4) is 0 Å². The van der Waals surface area contributed by atoms with Gasteiger partial charge in [-0.05, 0) is 89.8 Å². The van der Waals surface area contributed by atoms with Gasteiger partial charge >= 0.3 is 0 Å². The minimum Gasteiger partial charge on any atom is -0.379 e. The number of aryl methyl sites for hydroxylation is 4. The van der Waals surface area contributed by atoms with Gasteiger partial charge in [0.1, 0.15) is 45.3 Å². The van der Waals surface area contributed by atoms with Crippen LogP contribution in [0.4, 0.5) is 0 Å². The number of carbonyl (C=O) groups excluding carboxylic acids is 2. The third-order valence-electron chi connectivity index (χ3n) is 12.5. The van der Waals surface area contributed by atoms with E-state index in [4.69, 9.17) is 56.9 Å². The maximum absolute atomic E-state index is 13.3. The Morgan fingerprint density at radius 2 is 0.845 bits per heavy atom. The molecule has 71 heavy (non-hydrogen) atoms. The quantitative estimate of drug-likeness (QED) is 0.0475. The number of nitrogens with zero attached hydrogens (tertiary/aromatic N) is 8.